The molecule has 0 spiro atoms. The molecule has 0 saturated heterocycles. The van der Waals surface area contributed by atoms with Crippen LogP contribution in [-0.2, 0) is 14.3 Å². The Morgan fingerprint density at radius 2 is 2.17 bits per heavy atom. The highest BCUT2D eigenvalue weighted by atomic mass is 16.5. The molecule has 0 aromatic carbocycles. The largest absolute Gasteiger partial charge is 0.462 e. The van der Waals surface area contributed by atoms with Crippen LogP contribution in [0.5, 0.6) is 0 Å². The zero-order valence-corrected chi connectivity index (χ0v) is 11.1. The van der Waals surface area contributed by atoms with E-state index in [0.29, 0.717) is 24.7 Å². The van der Waals surface area contributed by atoms with E-state index in [1.54, 1.807) is 6.92 Å². The van der Waals surface area contributed by atoms with E-state index >= 15 is 0 Å². The first kappa shape index (κ1) is 13.6. The SMILES string of the molecule is C=C(C)C(=O)OCC1CC2CC1C(O)C2OCC. The van der Waals surface area contributed by atoms with Crippen molar-refractivity contribution in [3.8, 4) is 0 Å². The smallest absolute Gasteiger partial charge is 0.333 e. The Morgan fingerprint density at radius 3 is 2.72 bits per heavy atom. The molecule has 2 bridgehead atoms. The van der Waals surface area contributed by atoms with Crippen LogP contribution in [0, 0.1) is 17.8 Å². The summed E-state index contributed by atoms with van der Waals surface area (Å²) >= 11 is 0. The van der Waals surface area contributed by atoms with Crippen molar-refractivity contribution in [1.29, 1.82) is 0 Å². The molecule has 0 aliphatic heterocycles. The first-order valence-electron chi connectivity index (χ1n) is 6.66. The van der Waals surface area contributed by atoms with Crippen LogP contribution in [0.2, 0.25) is 0 Å². The molecule has 102 valence electrons. The predicted molar refractivity (Wildman–Crippen MR) is 66.9 cm³/mol. The van der Waals surface area contributed by atoms with Gasteiger partial charge in [-0.1, -0.05) is 6.58 Å². The molecule has 5 unspecified atom stereocenters. The molecule has 4 nitrogen and oxygen atoms in total. The average Bonchev–Trinajstić information content (AvgIpc) is 2.86. The van der Waals surface area contributed by atoms with Crippen LogP contribution in [0.3, 0.4) is 0 Å². The van der Waals surface area contributed by atoms with Crippen molar-refractivity contribution in [3.05, 3.63) is 12.2 Å². The monoisotopic (exact) mass is 254 g/mol. The molecule has 0 aromatic rings. The molecule has 0 radical (unpaired) electrons. The van der Waals surface area contributed by atoms with Gasteiger partial charge in [0, 0.05) is 12.2 Å². The van der Waals surface area contributed by atoms with Crippen molar-refractivity contribution in [1.82, 2.24) is 0 Å². The van der Waals surface area contributed by atoms with Crippen LogP contribution in [0.15, 0.2) is 12.2 Å². The molecule has 0 aromatic heterocycles. The highest BCUT2D eigenvalue weighted by Crippen LogP contribution is 2.49. The third kappa shape index (κ3) is 2.45. The molecule has 0 amide bonds. The zero-order chi connectivity index (χ0) is 13.3. The number of hydrogen-bond donors (Lipinski definition) is 1. The molecule has 2 fully saturated rings. The summed E-state index contributed by atoms with van der Waals surface area (Å²) in [6.45, 7) is 8.18. The van der Waals surface area contributed by atoms with Gasteiger partial charge in [-0.05, 0) is 44.4 Å². The topological polar surface area (TPSA) is 55.8 Å². The van der Waals surface area contributed by atoms with Gasteiger partial charge < -0.3 is 14.6 Å². The van der Waals surface area contributed by atoms with E-state index < -0.39 is 6.10 Å². The summed E-state index contributed by atoms with van der Waals surface area (Å²) in [6, 6.07) is 0. The molecular weight excluding hydrogens is 232 g/mol. The summed E-state index contributed by atoms with van der Waals surface area (Å²) in [5, 5.41) is 10.2. The van der Waals surface area contributed by atoms with Crippen molar-refractivity contribution >= 4 is 5.97 Å². The Bertz CT molecular complexity index is 337. The van der Waals surface area contributed by atoms with Crippen LogP contribution in [0.25, 0.3) is 0 Å². The van der Waals surface area contributed by atoms with Crippen molar-refractivity contribution in [2.45, 2.75) is 38.9 Å². The summed E-state index contributed by atoms with van der Waals surface area (Å²) in [6.07, 6.45) is 1.54. The fraction of sp³-hybridized carbons (Fsp3) is 0.786. The highest BCUT2D eigenvalue weighted by Gasteiger charge is 2.52. The van der Waals surface area contributed by atoms with Crippen LogP contribution in [-0.4, -0.2) is 36.5 Å². The van der Waals surface area contributed by atoms with Gasteiger partial charge in [0.2, 0.25) is 0 Å². The summed E-state index contributed by atoms with van der Waals surface area (Å²) in [7, 11) is 0. The lowest BCUT2D eigenvalue weighted by molar-refractivity contribution is -0.142. The van der Waals surface area contributed by atoms with Crippen LogP contribution in [0.1, 0.15) is 26.7 Å². The highest BCUT2D eigenvalue weighted by molar-refractivity contribution is 5.86. The van der Waals surface area contributed by atoms with E-state index in [0.717, 1.165) is 12.8 Å². The minimum atomic E-state index is -0.405. The van der Waals surface area contributed by atoms with Crippen LogP contribution < -0.4 is 0 Å². The number of fused-ring (bicyclic) bond motifs is 2. The lowest BCUT2D eigenvalue weighted by Crippen LogP contribution is -2.40. The van der Waals surface area contributed by atoms with Gasteiger partial charge in [0.15, 0.2) is 0 Å². The summed E-state index contributed by atoms with van der Waals surface area (Å²) in [5.74, 6) is 0.557. The molecule has 2 rings (SSSR count). The lowest BCUT2D eigenvalue weighted by atomic mass is 9.85. The second kappa shape index (κ2) is 5.41. The Morgan fingerprint density at radius 1 is 1.44 bits per heavy atom. The number of carbonyl (C=O) groups excluding carboxylic acids is 1. The summed E-state index contributed by atoms with van der Waals surface area (Å²) in [4.78, 5) is 11.3. The Labute approximate surface area is 108 Å². The second-order valence-electron chi connectivity index (χ2n) is 5.44. The molecular formula is C14H22O4. The van der Waals surface area contributed by atoms with Gasteiger partial charge in [-0.2, -0.15) is 0 Å². The first-order valence-corrected chi connectivity index (χ1v) is 6.66. The molecule has 0 heterocycles. The minimum Gasteiger partial charge on any atom is -0.462 e. The lowest BCUT2D eigenvalue weighted by Gasteiger charge is -2.32. The van der Waals surface area contributed by atoms with Crippen molar-refractivity contribution in [2.75, 3.05) is 13.2 Å². The van der Waals surface area contributed by atoms with E-state index in [-0.39, 0.29) is 23.9 Å². The number of esters is 1. The normalized spacial score (nSPS) is 37.8. The third-order valence-corrected chi connectivity index (χ3v) is 4.16. The number of carbonyl (C=O) groups is 1. The Hall–Kier alpha value is -0.870. The summed E-state index contributed by atoms with van der Waals surface area (Å²) < 4.78 is 10.8. The molecule has 18 heavy (non-hydrogen) atoms. The van der Waals surface area contributed by atoms with Gasteiger partial charge in [-0.25, -0.2) is 4.79 Å². The average molecular weight is 254 g/mol. The number of rotatable bonds is 5. The van der Waals surface area contributed by atoms with E-state index in [1.807, 2.05) is 6.92 Å². The molecule has 2 aliphatic carbocycles. The third-order valence-electron chi connectivity index (χ3n) is 4.16. The molecule has 4 heteroatoms. The molecule has 1 N–H and O–H groups in total. The standard InChI is InChI=1S/C14H22O4/c1-4-17-13-9-5-10(11(6-9)12(13)15)7-18-14(16)8(2)3/h9-13,15H,2,4-7H2,1,3H3. The van der Waals surface area contributed by atoms with Gasteiger partial charge in [0.25, 0.3) is 0 Å². The maximum atomic E-state index is 11.3. The van der Waals surface area contributed by atoms with Crippen molar-refractivity contribution < 1.29 is 19.4 Å². The number of hydrogen-bond acceptors (Lipinski definition) is 4. The second-order valence-corrected chi connectivity index (χ2v) is 5.44. The van der Waals surface area contributed by atoms with E-state index in [2.05, 4.69) is 6.58 Å². The predicted octanol–water partition coefficient (Wildman–Crippen LogP) is 1.53. The number of aliphatic hydroxyl groups excluding tert-OH is 1. The van der Waals surface area contributed by atoms with Gasteiger partial charge in [-0.3, -0.25) is 0 Å². The van der Waals surface area contributed by atoms with E-state index in [9.17, 15) is 9.90 Å². The van der Waals surface area contributed by atoms with Crippen molar-refractivity contribution in [2.24, 2.45) is 17.8 Å². The van der Waals surface area contributed by atoms with Gasteiger partial charge >= 0.3 is 5.97 Å². The van der Waals surface area contributed by atoms with E-state index in [4.69, 9.17) is 9.47 Å². The zero-order valence-electron chi connectivity index (χ0n) is 11.1. The Balaban J connectivity index is 1.85. The Kier molecular flexibility index (Phi) is 4.07. The molecule has 5 atom stereocenters. The van der Waals surface area contributed by atoms with Gasteiger partial charge in [-0.15, -0.1) is 0 Å². The van der Waals surface area contributed by atoms with Gasteiger partial charge in [0.05, 0.1) is 18.8 Å². The first-order chi connectivity index (χ1) is 8.54. The van der Waals surface area contributed by atoms with Crippen LogP contribution >= 0.6 is 0 Å². The summed E-state index contributed by atoms with van der Waals surface area (Å²) in [5.41, 5.74) is 0.422. The quantitative estimate of drug-likeness (QED) is 0.597. The van der Waals surface area contributed by atoms with Crippen molar-refractivity contribution in [3.63, 3.8) is 0 Å². The minimum absolute atomic E-state index is 0.0203. The molecule has 2 aliphatic rings. The maximum Gasteiger partial charge on any atom is 0.333 e. The van der Waals surface area contributed by atoms with Crippen LogP contribution in [0.4, 0.5) is 0 Å². The maximum absolute atomic E-state index is 11.3. The van der Waals surface area contributed by atoms with E-state index in [1.165, 1.54) is 0 Å². The fourth-order valence-corrected chi connectivity index (χ4v) is 3.34. The number of aliphatic hydroxyl groups is 1. The number of ether oxygens (including phenoxy) is 2. The van der Waals surface area contributed by atoms with Gasteiger partial charge in [0.1, 0.15) is 0 Å². The fourth-order valence-electron chi connectivity index (χ4n) is 3.34. The molecule has 2 saturated carbocycles.